The molecule has 1 heterocycles. The summed E-state index contributed by atoms with van der Waals surface area (Å²) in [7, 11) is 0. The quantitative estimate of drug-likeness (QED) is 0.575. The number of hydrogen-bond donors (Lipinski definition) is 2. The van der Waals surface area contributed by atoms with Crippen LogP contribution in [0.2, 0.25) is 0 Å². The zero-order valence-corrected chi connectivity index (χ0v) is 15.0. The Bertz CT molecular complexity index is 971. The Kier molecular flexibility index (Phi) is 5.00. The number of aromatic nitrogens is 1. The van der Waals surface area contributed by atoms with Crippen LogP contribution in [0.15, 0.2) is 42.5 Å². The molecule has 0 bridgehead atoms. The Morgan fingerprint density at radius 2 is 1.81 bits per heavy atom. The topological polar surface area (TPSA) is 53.1 Å². The lowest BCUT2D eigenvalue weighted by molar-refractivity contribution is -0.138. The van der Waals surface area contributed by atoms with Crippen LogP contribution in [0.25, 0.3) is 22.2 Å². The zero-order valence-electron chi connectivity index (χ0n) is 15.0. The van der Waals surface area contributed by atoms with Crippen LogP contribution in [0.3, 0.4) is 0 Å². The molecule has 0 fully saturated rings. The first-order chi connectivity index (χ1) is 12.7. The third-order valence-corrected chi connectivity index (χ3v) is 4.94. The van der Waals surface area contributed by atoms with Gasteiger partial charge in [0, 0.05) is 10.9 Å². The summed E-state index contributed by atoms with van der Waals surface area (Å²) >= 11 is 0. The number of fused-ring (bicyclic) bond motifs is 1. The van der Waals surface area contributed by atoms with Crippen molar-refractivity contribution in [2.24, 2.45) is 0 Å². The van der Waals surface area contributed by atoms with Crippen molar-refractivity contribution in [2.75, 3.05) is 0 Å². The number of alkyl halides is 3. The van der Waals surface area contributed by atoms with Crippen molar-refractivity contribution in [3.63, 3.8) is 0 Å². The minimum atomic E-state index is -4.41. The highest BCUT2D eigenvalue weighted by Gasteiger charge is 2.30. The molecule has 142 valence electrons. The molecule has 1 atom stereocenters. The zero-order chi connectivity index (χ0) is 19.8. The molecule has 0 spiro atoms. The predicted molar refractivity (Wildman–Crippen MR) is 98.8 cm³/mol. The van der Waals surface area contributed by atoms with Gasteiger partial charge in [-0.25, -0.2) is 0 Å². The van der Waals surface area contributed by atoms with E-state index < -0.39 is 17.7 Å². The number of H-pyrrole nitrogens is 1. The maximum atomic E-state index is 12.8. The van der Waals surface area contributed by atoms with Gasteiger partial charge in [-0.2, -0.15) is 13.2 Å². The van der Waals surface area contributed by atoms with Crippen molar-refractivity contribution in [3.8, 4) is 11.3 Å². The Balaban J connectivity index is 2.15. The lowest BCUT2D eigenvalue weighted by Crippen LogP contribution is -2.04. The summed E-state index contributed by atoms with van der Waals surface area (Å²) < 4.78 is 38.4. The first kappa shape index (κ1) is 19.0. The van der Waals surface area contributed by atoms with Crippen molar-refractivity contribution < 1.29 is 23.1 Å². The summed E-state index contributed by atoms with van der Waals surface area (Å²) in [5, 5.41) is 10.1. The Hall–Kier alpha value is -2.76. The summed E-state index contributed by atoms with van der Waals surface area (Å²) in [6.45, 7) is 4.18. The fraction of sp³-hybridized carbons (Fsp3) is 0.286. The molecule has 1 unspecified atom stereocenters. The van der Waals surface area contributed by atoms with Gasteiger partial charge in [0.2, 0.25) is 0 Å². The van der Waals surface area contributed by atoms with Gasteiger partial charge in [0.1, 0.15) is 0 Å². The van der Waals surface area contributed by atoms with E-state index in [1.54, 1.807) is 0 Å². The number of aromatic amines is 1. The van der Waals surface area contributed by atoms with Crippen LogP contribution in [0.5, 0.6) is 0 Å². The summed E-state index contributed by atoms with van der Waals surface area (Å²) in [5.74, 6) is -0.658. The highest BCUT2D eigenvalue weighted by atomic mass is 19.4. The van der Waals surface area contributed by atoms with E-state index in [2.05, 4.69) is 18.8 Å². The second kappa shape index (κ2) is 7.10. The summed E-state index contributed by atoms with van der Waals surface area (Å²) in [5.41, 5.74) is 2.80. The number of nitrogens with one attached hydrogen (secondary N) is 1. The number of carboxylic acids is 1. The van der Waals surface area contributed by atoms with Gasteiger partial charge >= 0.3 is 12.1 Å². The van der Waals surface area contributed by atoms with Crippen molar-refractivity contribution in [3.05, 3.63) is 59.2 Å². The molecule has 0 aliphatic carbocycles. The SMILES string of the molecule is CCC(C)c1ccc2[nH]c(-c3ccc(C(F)(F)F)cc3)c(CC(=O)O)c2c1. The minimum Gasteiger partial charge on any atom is -0.481 e. The smallest absolute Gasteiger partial charge is 0.416 e. The monoisotopic (exact) mass is 375 g/mol. The van der Waals surface area contributed by atoms with E-state index in [-0.39, 0.29) is 6.42 Å². The first-order valence-electron chi connectivity index (χ1n) is 8.74. The number of carbonyl (C=O) groups is 1. The molecule has 3 nitrogen and oxygen atoms in total. The molecule has 6 heteroatoms. The number of rotatable bonds is 5. The number of hydrogen-bond acceptors (Lipinski definition) is 1. The normalized spacial score (nSPS) is 13.1. The van der Waals surface area contributed by atoms with E-state index in [1.165, 1.54) is 12.1 Å². The first-order valence-corrected chi connectivity index (χ1v) is 8.74. The Labute approximate surface area is 154 Å². The van der Waals surface area contributed by atoms with Crippen LogP contribution in [0.1, 0.15) is 42.9 Å². The molecule has 2 N–H and O–H groups in total. The fourth-order valence-corrected chi connectivity index (χ4v) is 3.21. The predicted octanol–water partition coefficient (Wildman–Crippen LogP) is 5.99. The van der Waals surface area contributed by atoms with Crippen molar-refractivity contribution >= 4 is 16.9 Å². The Morgan fingerprint density at radius 1 is 1.15 bits per heavy atom. The van der Waals surface area contributed by atoms with Crippen molar-refractivity contribution in [1.82, 2.24) is 4.98 Å². The average molecular weight is 375 g/mol. The van der Waals surface area contributed by atoms with Crippen molar-refractivity contribution in [1.29, 1.82) is 0 Å². The standard InChI is InChI=1S/C21H20F3NO2/c1-3-12(2)14-6-9-18-16(10-14)17(11-19(26)27)20(25-18)13-4-7-15(8-5-13)21(22,23)24/h4-10,12,25H,3,11H2,1-2H3,(H,26,27). The largest absolute Gasteiger partial charge is 0.481 e. The third-order valence-electron chi connectivity index (χ3n) is 4.94. The van der Waals surface area contributed by atoms with E-state index in [9.17, 15) is 23.1 Å². The molecule has 0 radical (unpaired) electrons. The van der Waals surface area contributed by atoms with Gasteiger partial charge in [-0.1, -0.05) is 32.0 Å². The molecule has 0 amide bonds. The van der Waals surface area contributed by atoms with Gasteiger partial charge in [-0.15, -0.1) is 0 Å². The van der Waals surface area contributed by atoms with Crippen LogP contribution in [0, 0.1) is 0 Å². The molecule has 0 saturated carbocycles. The summed E-state index contributed by atoms with van der Waals surface area (Å²) in [6.07, 6.45) is -3.66. The lowest BCUT2D eigenvalue weighted by Gasteiger charge is -2.09. The summed E-state index contributed by atoms with van der Waals surface area (Å²) in [4.78, 5) is 14.6. The molecule has 2 aromatic carbocycles. The molecular formula is C21H20F3NO2. The molecule has 1 aromatic heterocycles. The number of aliphatic carboxylic acids is 1. The third kappa shape index (κ3) is 3.84. The second-order valence-corrected chi connectivity index (χ2v) is 6.74. The molecular weight excluding hydrogens is 355 g/mol. The second-order valence-electron chi connectivity index (χ2n) is 6.74. The van der Waals surface area contributed by atoms with Gasteiger partial charge in [0.15, 0.2) is 0 Å². The molecule has 27 heavy (non-hydrogen) atoms. The molecule has 0 aliphatic rings. The van der Waals surface area contributed by atoms with E-state index >= 15 is 0 Å². The lowest BCUT2D eigenvalue weighted by atomic mass is 9.95. The fourth-order valence-electron chi connectivity index (χ4n) is 3.21. The van der Waals surface area contributed by atoms with Gasteiger partial charge < -0.3 is 10.1 Å². The number of halogens is 3. The van der Waals surface area contributed by atoms with E-state index in [4.69, 9.17) is 0 Å². The molecule has 3 aromatic rings. The van der Waals surface area contributed by atoms with Crippen LogP contribution in [-0.2, 0) is 17.4 Å². The van der Waals surface area contributed by atoms with Crippen LogP contribution in [-0.4, -0.2) is 16.1 Å². The van der Waals surface area contributed by atoms with Crippen LogP contribution in [0.4, 0.5) is 13.2 Å². The van der Waals surface area contributed by atoms with Gasteiger partial charge in [0.25, 0.3) is 0 Å². The highest BCUT2D eigenvalue weighted by molar-refractivity contribution is 5.94. The van der Waals surface area contributed by atoms with Crippen LogP contribution < -0.4 is 0 Å². The maximum absolute atomic E-state index is 12.8. The Morgan fingerprint density at radius 3 is 2.37 bits per heavy atom. The number of carboxylic acid groups (broad SMARTS) is 1. The van der Waals surface area contributed by atoms with E-state index in [0.29, 0.717) is 22.7 Å². The van der Waals surface area contributed by atoms with Crippen molar-refractivity contribution in [2.45, 2.75) is 38.8 Å². The van der Waals surface area contributed by atoms with Gasteiger partial charge in [-0.05, 0) is 53.3 Å². The minimum absolute atomic E-state index is 0.208. The summed E-state index contributed by atoms with van der Waals surface area (Å²) in [6, 6.07) is 10.6. The van der Waals surface area contributed by atoms with E-state index in [1.807, 2.05) is 18.2 Å². The maximum Gasteiger partial charge on any atom is 0.416 e. The highest BCUT2D eigenvalue weighted by Crippen LogP contribution is 2.35. The molecule has 0 aliphatic heterocycles. The van der Waals surface area contributed by atoms with Gasteiger partial charge in [-0.3, -0.25) is 4.79 Å². The van der Waals surface area contributed by atoms with E-state index in [0.717, 1.165) is 35.0 Å². The average Bonchev–Trinajstić information content (AvgIpc) is 2.97. The molecule has 3 rings (SSSR count). The molecule has 0 saturated heterocycles. The number of benzene rings is 2. The van der Waals surface area contributed by atoms with Crippen LogP contribution >= 0.6 is 0 Å². The van der Waals surface area contributed by atoms with Gasteiger partial charge in [0.05, 0.1) is 17.7 Å².